The van der Waals surface area contributed by atoms with Gasteiger partial charge < -0.3 is 9.64 Å². The lowest BCUT2D eigenvalue weighted by molar-refractivity contribution is 0.112. The minimum atomic E-state index is 0.452. The molecule has 0 aliphatic heterocycles. The summed E-state index contributed by atoms with van der Waals surface area (Å²) in [5, 5.41) is 0.452. The zero-order valence-electron chi connectivity index (χ0n) is 10.8. The molecule has 2 rings (SSSR count). The van der Waals surface area contributed by atoms with Gasteiger partial charge in [0.05, 0.1) is 12.1 Å². The molecule has 19 heavy (non-hydrogen) atoms. The largest absolute Gasteiger partial charge is 0.497 e. The molecule has 0 saturated carbocycles. The topological polar surface area (TPSA) is 29.5 Å². The van der Waals surface area contributed by atoms with Crippen LogP contribution in [0.1, 0.15) is 10.4 Å². The van der Waals surface area contributed by atoms with Gasteiger partial charge in [0.1, 0.15) is 5.75 Å². The zero-order chi connectivity index (χ0) is 13.8. The molecule has 0 N–H and O–H groups in total. The van der Waals surface area contributed by atoms with Gasteiger partial charge in [-0.25, -0.2) is 0 Å². The molecule has 0 saturated heterocycles. The van der Waals surface area contributed by atoms with Crippen LogP contribution in [0.25, 0.3) is 0 Å². The lowest BCUT2D eigenvalue weighted by atomic mass is 10.2. The monoisotopic (exact) mass is 275 g/mol. The van der Waals surface area contributed by atoms with E-state index in [0.29, 0.717) is 10.6 Å². The van der Waals surface area contributed by atoms with Crippen LogP contribution in [-0.2, 0) is 0 Å². The van der Waals surface area contributed by atoms with Crippen LogP contribution in [0.5, 0.6) is 5.75 Å². The molecule has 0 unspecified atom stereocenters. The van der Waals surface area contributed by atoms with Crippen LogP contribution in [0.2, 0.25) is 5.02 Å². The van der Waals surface area contributed by atoms with Crippen molar-refractivity contribution >= 4 is 29.3 Å². The Morgan fingerprint density at radius 1 is 1.11 bits per heavy atom. The summed E-state index contributed by atoms with van der Waals surface area (Å²) in [5.41, 5.74) is 2.42. The number of carbonyl (C=O) groups is 1. The summed E-state index contributed by atoms with van der Waals surface area (Å²) in [6.07, 6.45) is 0.749. The number of ether oxygens (including phenoxy) is 1. The number of methoxy groups -OCH3 is 1. The molecule has 3 nitrogen and oxygen atoms in total. The third-order valence-corrected chi connectivity index (χ3v) is 3.29. The Morgan fingerprint density at radius 3 is 2.26 bits per heavy atom. The standard InChI is InChI=1S/C15H14ClNO2/c1-17(12-5-7-14(19-2)8-6-12)13-4-3-11(10-18)15(16)9-13/h3-10H,1-2H3. The summed E-state index contributed by atoms with van der Waals surface area (Å²) in [4.78, 5) is 12.7. The predicted molar refractivity (Wildman–Crippen MR) is 77.9 cm³/mol. The van der Waals surface area contributed by atoms with Gasteiger partial charge in [0.25, 0.3) is 0 Å². The second-order valence-electron chi connectivity index (χ2n) is 4.08. The van der Waals surface area contributed by atoms with E-state index in [1.165, 1.54) is 0 Å². The molecule has 98 valence electrons. The number of anilines is 2. The minimum Gasteiger partial charge on any atom is -0.497 e. The Kier molecular flexibility index (Phi) is 4.07. The fraction of sp³-hybridized carbons (Fsp3) is 0.133. The van der Waals surface area contributed by atoms with Crippen LogP contribution in [0.4, 0.5) is 11.4 Å². The maximum Gasteiger partial charge on any atom is 0.151 e. The van der Waals surface area contributed by atoms with Crippen molar-refractivity contribution in [2.45, 2.75) is 0 Å². The summed E-state index contributed by atoms with van der Waals surface area (Å²) in [5.74, 6) is 0.812. The lowest BCUT2D eigenvalue weighted by Crippen LogP contribution is -2.09. The summed E-state index contributed by atoms with van der Waals surface area (Å²) in [7, 11) is 3.57. The first-order valence-corrected chi connectivity index (χ1v) is 6.16. The number of aldehydes is 1. The number of rotatable bonds is 4. The predicted octanol–water partition coefficient (Wildman–Crippen LogP) is 3.93. The summed E-state index contributed by atoms with van der Waals surface area (Å²) in [6.45, 7) is 0. The highest BCUT2D eigenvalue weighted by Crippen LogP contribution is 2.28. The smallest absolute Gasteiger partial charge is 0.151 e. The van der Waals surface area contributed by atoms with E-state index in [-0.39, 0.29) is 0 Å². The molecular formula is C15H14ClNO2. The molecule has 0 bridgehead atoms. The second-order valence-corrected chi connectivity index (χ2v) is 4.49. The maximum absolute atomic E-state index is 10.7. The van der Waals surface area contributed by atoms with Gasteiger partial charge in [0, 0.05) is 24.0 Å². The quantitative estimate of drug-likeness (QED) is 0.792. The molecule has 0 aliphatic rings. The number of carbonyl (C=O) groups excluding carboxylic acids is 1. The highest BCUT2D eigenvalue weighted by atomic mass is 35.5. The van der Waals surface area contributed by atoms with Crippen LogP contribution in [0.15, 0.2) is 42.5 Å². The Morgan fingerprint density at radius 2 is 1.74 bits per heavy atom. The van der Waals surface area contributed by atoms with Crippen molar-refractivity contribution in [3.05, 3.63) is 53.1 Å². The molecule has 0 aliphatic carbocycles. The van der Waals surface area contributed by atoms with Gasteiger partial charge >= 0.3 is 0 Å². The number of halogens is 1. The van der Waals surface area contributed by atoms with Crippen LogP contribution in [-0.4, -0.2) is 20.4 Å². The molecule has 0 amide bonds. The Bertz CT molecular complexity index is 581. The first-order valence-electron chi connectivity index (χ1n) is 5.78. The Hall–Kier alpha value is -2.00. The maximum atomic E-state index is 10.7. The van der Waals surface area contributed by atoms with Crippen LogP contribution < -0.4 is 9.64 Å². The molecule has 4 heteroatoms. The molecule has 0 fully saturated rings. The van der Waals surface area contributed by atoms with Crippen molar-refractivity contribution in [3.8, 4) is 5.75 Å². The van der Waals surface area contributed by atoms with Gasteiger partial charge in [-0.05, 0) is 42.5 Å². The molecule has 0 heterocycles. The molecule has 2 aromatic rings. The molecule has 0 spiro atoms. The van der Waals surface area contributed by atoms with Crippen LogP contribution >= 0.6 is 11.6 Å². The van der Waals surface area contributed by atoms with E-state index in [0.717, 1.165) is 23.4 Å². The van der Waals surface area contributed by atoms with Crippen LogP contribution in [0, 0.1) is 0 Å². The van der Waals surface area contributed by atoms with E-state index < -0.39 is 0 Å². The third kappa shape index (κ3) is 2.88. The Labute approximate surface area is 117 Å². The summed E-state index contributed by atoms with van der Waals surface area (Å²) >= 11 is 6.03. The van der Waals surface area contributed by atoms with Gasteiger partial charge in [-0.1, -0.05) is 11.6 Å². The first kappa shape index (κ1) is 13.4. The van der Waals surface area contributed by atoms with Crippen LogP contribution in [0.3, 0.4) is 0 Å². The molecule has 0 radical (unpaired) electrons. The SMILES string of the molecule is COc1ccc(N(C)c2ccc(C=O)c(Cl)c2)cc1. The van der Waals surface area contributed by atoms with E-state index in [2.05, 4.69) is 0 Å². The molecule has 2 aromatic carbocycles. The van der Waals surface area contributed by atoms with Gasteiger partial charge in [0.2, 0.25) is 0 Å². The van der Waals surface area contributed by atoms with Crippen molar-refractivity contribution in [2.75, 3.05) is 19.1 Å². The van der Waals surface area contributed by atoms with Crippen molar-refractivity contribution in [1.29, 1.82) is 0 Å². The number of hydrogen-bond acceptors (Lipinski definition) is 3. The van der Waals surface area contributed by atoms with E-state index in [9.17, 15) is 4.79 Å². The van der Waals surface area contributed by atoms with E-state index in [4.69, 9.17) is 16.3 Å². The highest BCUT2D eigenvalue weighted by molar-refractivity contribution is 6.33. The number of benzene rings is 2. The zero-order valence-corrected chi connectivity index (χ0v) is 11.5. The van der Waals surface area contributed by atoms with Crippen molar-refractivity contribution < 1.29 is 9.53 Å². The fourth-order valence-electron chi connectivity index (χ4n) is 1.78. The Balaban J connectivity index is 2.29. The van der Waals surface area contributed by atoms with Gasteiger partial charge in [-0.2, -0.15) is 0 Å². The molecular weight excluding hydrogens is 262 g/mol. The molecule has 0 atom stereocenters. The van der Waals surface area contributed by atoms with Crippen molar-refractivity contribution in [1.82, 2.24) is 0 Å². The number of hydrogen-bond donors (Lipinski definition) is 0. The first-order chi connectivity index (χ1) is 9.15. The van der Waals surface area contributed by atoms with E-state index in [1.807, 2.05) is 42.3 Å². The highest BCUT2D eigenvalue weighted by Gasteiger charge is 2.07. The van der Waals surface area contributed by atoms with Gasteiger partial charge in [-0.3, -0.25) is 4.79 Å². The summed E-state index contributed by atoms with van der Waals surface area (Å²) < 4.78 is 5.13. The fourth-order valence-corrected chi connectivity index (χ4v) is 1.99. The summed E-state index contributed by atoms with van der Waals surface area (Å²) in [6, 6.07) is 13.1. The average Bonchev–Trinajstić information content (AvgIpc) is 2.46. The van der Waals surface area contributed by atoms with E-state index in [1.54, 1.807) is 19.2 Å². The normalized spacial score (nSPS) is 10.1. The van der Waals surface area contributed by atoms with Gasteiger partial charge in [0.15, 0.2) is 6.29 Å². The minimum absolute atomic E-state index is 0.452. The van der Waals surface area contributed by atoms with Crippen molar-refractivity contribution in [3.63, 3.8) is 0 Å². The average molecular weight is 276 g/mol. The molecule has 0 aromatic heterocycles. The third-order valence-electron chi connectivity index (χ3n) is 2.96. The number of nitrogens with zero attached hydrogens (tertiary/aromatic N) is 1. The lowest BCUT2D eigenvalue weighted by Gasteiger charge is -2.20. The second kappa shape index (κ2) is 5.76. The van der Waals surface area contributed by atoms with E-state index >= 15 is 0 Å². The van der Waals surface area contributed by atoms with Crippen molar-refractivity contribution in [2.24, 2.45) is 0 Å². The van der Waals surface area contributed by atoms with Gasteiger partial charge in [-0.15, -0.1) is 0 Å².